The summed E-state index contributed by atoms with van der Waals surface area (Å²) >= 11 is 0. The molecule has 0 radical (unpaired) electrons. The lowest BCUT2D eigenvalue weighted by Crippen LogP contribution is -2.76. The molecule has 3 heteroatoms. The molecule has 4 aromatic rings. The molecule has 5 saturated carbocycles. The maximum Gasteiger partial charge on any atom is 0.157 e. The van der Waals surface area contributed by atoms with Crippen LogP contribution in [0, 0.1) is 23.7 Å². The first-order chi connectivity index (χ1) is 18.6. The predicted octanol–water partition coefficient (Wildman–Crippen LogP) is 4.96. The number of carbonyl (C=O) groups is 3. The van der Waals surface area contributed by atoms with Crippen molar-refractivity contribution in [3.63, 3.8) is 0 Å². The van der Waals surface area contributed by atoms with Crippen molar-refractivity contribution in [3.8, 4) is 11.1 Å². The molecule has 3 nitrogen and oxygen atoms in total. The Morgan fingerprint density at radius 2 is 0.789 bits per heavy atom. The van der Waals surface area contributed by atoms with Crippen molar-refractivity contribution in [3.05, 3.63) is 131 Å². The van der Waals surface area contributed by atoms with Crippen molar-refractivity contribution in [2.75, 3.05) is 0 Å². The largest absolute Gasteiger partial charge is 0.299 e. The van der Waals surface area contributed by atoms with Gasteiger partial charge in [0.05, 0.1) is 10.8 Å². The van der Waals surface area contributed by atoms with Gasteiger partial charge in [-0.25, -0.2) is 0 Å². The Hall–Kier alpha value is -4.11. The second-order valence-electron chi connectivity index (χ2n) is 12.1. The Morgan fingerprint density at radius 3 is 1.21 bits per heavy atom. The Labute approximate surface area is 219 Å². The smallest absolute Gasteiger partial charge is 0.157 e. The number of fused-ring (bicyclic) bond motifs is 5. The highest BCUT2D eigenvalue weighted by atomic mass is 16.2. The fraction of sp³-hybridized carbons (Fsp3) is 0.229. The normalized spacial score (nSPS) is 41.2. The fourth-order valence-corrected chi connectivity index (χ4v) is 11.6. The van der Waals surface area contributed by atoms with Gasteiger partial charge in [-0.1, -0.05) is 109 Å². The molecule has 2 spiro atoms. The average Bonchev–Trinajstić information content (AvgIpc) is 3.33. The van der Waals surface area contributed by atoms with E-state index in [9.17, 15) is 9.59 Å². The van der Waals surface area contributed by atoms with Crippen molar-refractivity contribution in [1.29, 1.82) is 0 Å². The number of carbonyl (C=O) groups excluding carboxylic acids is 3. The van der Waals surface area contributed by atoms with Crippen molar-refractivity contribution in [2.45, 2.75) is 21.7 Å². The lowest BCUT2D eigenvalue weighted by molar-refractivity contribution is -0.150. The van der Waals surface area contributed by atoms with Gasteiger partial charge in [-0.3, -0.25) is 14.4 Å². The Balaban J connectivity index is 1.52. The van der Waals surface area contributed by atoms with Crippen LogP contribution < -0.4 is 0 Å². The molecule has 0 N–H and O–H groups in total. The number of benzene rings is 4. The molecule has 8 unspecified atom stereocenters. The van der Waals surface area contributed by atoms with Gasteiger partial charge in [-0.2, -0.15) is 0 Å². The quantitative estimate of drug-likeness (QED) is 0.399. The first-order valence-corrected chi connectivity index (χ1v) is 13.6. The van der Waals surface area contributed by atoms with Crippen LogP contribution in [0.15, 0.2) is 109 Å². The highest BCUT2D eigenvalue weighted by Gasteiger charge is 3.09. The van der Waals surface area contributed by atoms with E-state index in [0.717, 1.165) is 33.4 Å². The summed E-state index contributed by atoms with van der Waals surface area (Å²) in [6.45, 7) is 0. The Kier molecular flexibility index (Phi) is 2.97. The first-order valence-electron chi connectivity index (χ1n) is 13.6. The van der Waals surface area contributed by atoms with Crippen molar-refractivity contribution < 1.29 is 14.4 Å². The number of ketones is 3. The van der Waals surface area contributed by atoms with Gasteiger partial charge in [0.25, 0.3) is 0 Å². The van der Waals surface area contributed by atoms with E-state index in [2.05, 4.69) is 24.3 Å². The third-order valence-electron chi connectivity index (χ3n) is 11.8. The molecule has 0 heterocycles. The minimum atomic E-state index is -1.07. The van der Waals surface area contributed by atoms with Crippen LogP contribution in [0.25, 0.3) is 11.1 Å². The molecule has 0 saturated heterocycles. The lowest BCUT2D eigenvalue weighted by Gasteiger charge is -2.69. The summed E-state index contributed by atoms with van der Waals surface area (Å²) in [5, 5.41) is 0. The summed E-state index contributed by atoms with van der Waals surface area (Å²) in [4.78, 5) is 44.9. The molecule has 6 aliphatic carbocycles. The van der Waals surface area contributed by atoms with Gasteiger partial charge in [-0.05, 0) is 33.4 Å². The SMILES string of the molecule is O=C1C2C3C(=O)C4C1C15c6ccccc6-c6ccccc6C41C3(c1ccccc1)C(=O)C25c1ccccc1. The molecule has 0 aromatic heterocycles. The second kappa shape index (κ2) is 5.66. The maximum atomic E-state index is 15.7. The summed E-state index contributed by atoms with van der Waals surface area (Å²) < 4.78 is 0. The molecule has 5 fully saturated rings. The van der Waals surface area contributed by atoms with E-state index >= 15 is 4.79 Å². The first kappa shape index (κ1) is 19.9. The minimum absolute atomic E-state index is 0.0908. The molecule has 2 bridgehead atoms. The summed E-state index contributed by atoms with van der Waals surface area (Å²) in [6, 6.07) is 36.8. The van der Waals surface area contributed by atoms with Crippen LogP contribution in [-0.4, -0.2) is 17.3 Å². The molecule has 6 aliphatic rings. The molecule has 8 atom stereocenters. The lowest BCUT2D eigenvalue weighted by atomic mass is 9.29. The zero-order valence-electron chi connectivity index (χ0n) is 20.4. The van der Waals surface area contributed by atoms with Gasteiger partial charge in [0, 0.05) is 34.5 Å². The van der Waals surface area contributed by atoms with Crippen LogP contribution in [0.5, 0.6) is 0 Å². The van der Waals surface area contributed by atoms with Gasteiger partial charge in [0.15, 0.2) is 5.78 Å². The zero-order valence-corrected chi connectivity index (χ0v) is 20.4. The number of rotatable bonds is 2. The number of hydrogen-bond donors (Lipinski definition) is 0. The average molecular weight is 491 g/mol. The second-order valence-corrected chi connectivity index (χ2v) is 12.1. The van der Waals surface area contributed by atoms with Crippen LogP contribution in [0.1, 0.15) is 22.3 Å². The van der Waals surface area contributed by atoms with Crippen LogP contribution in [0.4, 0.5) is 0 Å². The van der Waals surface area contributed by atoms with Gasteiger partial charge in [0.2, 0.25) is 0 Å². The number of Topliss-reactive ketones (excluding diaryl/α,β-unsaturated/α-hetero) is 3. The van der Waals surface area contributed by atoms with Gasteiger partial charge >= 0.3 is 0 Å². The van der Waals surface area contributed by atoms with Crippen LogP contribution >= 0.6 is 0 Å². The summed E-state index contributed by atoms with van der Waals surface area (Å²) in [7, 11) is 0. The van der Waals surface area contributed by atoms with E-state index < -0.39 is 45.3 Å². The van der Waals surface area contributed by atoms with Crippen molar-refractivity contribution in [1.82, 2.24) is 0 Å². The standard InChI is InChI=1S/C35H22O3/c36-29-25-26-30(37)28-27(29)34-23-17-9-7-15-21(23)22-16-8-10-18-24(22)35(28,34)33(26,20-13-5-2-6-14-20)31(38)32(25,34)19-11-3-1-4-12-19/h1-18,25-28H. The molecule has 4 aromatic carbocycles. The van der Waals surface area contributed by atoms with E-state index in [4.69, 9.17) is 0 Å². The monoisotopic (exact) mass is 490 g/mol. The maximum absolute atomic E-state index is 15.7. The summed E-state index contributed by atoms with van der Waals surface area (Å²) in [6.07, 6.45) is 0. The molecule has 0 amide bonds. The molecule has 0 aliphatic heterocycles. The summed E-state index contributed by atoms with van der Waals surface area (Å²) in [5.41, 5.74) is 2.46. The van der Waals surface area contributed by atoms with Crippen molar-refractivity contribution >= 4 is 17.3 Å². The predicted molar refractivity (Wildman–Crippen MR) is 140 cm³/mol. The Bertz CT molecular complexity index is 1690. The van der Waals surface area contributed by atoms with E-state index in [-0.39, 0.29) is 17.3 Å². The zero-order chi connectivity index (χ0) is 25.2. The van der Waals surface area contributed by atoms with Crippen LogP contribution in [0.2, 0.25) is 0 Å². The highest BCUT2D eigenvalue weighted by molar-refractivity contribution is 6.30. The van der Waals surface area contributed by atoms with Crippen LogP contribution in [0.3, 0.4) is 0 Å². The van der Waals surface area contributed by atoms with Gasteiger partial charge in [-0.15, -0.1) is 0 Å². The molecular formula is C35H22O3. The molecule has 38 heavy (non-hydrogen) atoms. The van der Waals surface area contributed by atoms with E-state index in [1.54, 1.807) is 0 Å². The van der Waals surface area contributed by atoms with Gasteiger partial charge in [0.1, 0.15) is 11.6 Å². The molecule has 10 rings (SSSR count). The van der Waals surface area contributed by atoms with E-state index in [0.29, 0.717) is 0 Å². The molecule has 180 valence electrons. The fourth-order valence-electron chi connectivity index (χ4n) is 11.6. The van der Waals surface area contributed by atoms with Crippen molar-refractivity contribution in [2.24, 2.45) is 23.7 Å². The molecular weight excluding hydrogens is 468 g/mol. The number of hydrogen-bond acceptors (Lipinski definition) is 3. The third kappa shape index (κ3) is 1.37. The Morgan fingerprint density at radius 1 is 0.421 bits per heavy atom. The minimum Gasteiger partial charge on any atom is -0.299 e. The third-order valence-corrected chi connectivity index (χ3v) is 11.8. The van der Waals surface area contributed by atoms with Gasteiger partial charge < -0.3 is 0 Å². The van der Waals surface area contributed by atoms with E-state index in [1.807, 2.05) is 84.9 Å². The van der Waals surface area contributed by atoms with E-state index in [1.165, 1.54) is 0 Å². The highest BCUT2D eigenvalue weighted by Crippen LogP contribution is 2.98. The topological polar surface area (TPSA) is 51.2 Å². The van der Waals surface area contributed by atoms with Crippen LogP contribution in [-0.2, 0) is 36.0 Å². The summed E-state index contributed by atoms with van der Waals surface area (Å²) in [5.74, 6) is -1.83.